The van der Waals surface area contributed by atoms with E-state index in [0.717, 1.165) is 13.1 Å². The number of ether oxygens (including phenoxy) is 1. The van der Waals surface area contributed by atoms with Crippen molar-refractivity contribution >= 4 is 17.8 Å². The molecule has 0 aromatic carbocycles. The fourth-order valence-corrected chi connectivity index (χ4v) is 1.73. The van der Waals surface area contributed by atoms with Crippen molar-refractivity contribution in [3.63, 3.8) is 0 Å². The Labute approximate surface area is 119 Å². The number of nitrogens with one attached hydrogen (secondary N) is 1. The summed E-state index contributed by atoms with van der Waals surface area (Å²) in [7, 11) is 1.56. The molecule has 1 rings (SSSR count). The highest BCUT2D eigenvalue weighted by molar-refractivity contribution is 5.41. The average Bonchev–Trinajstić information content (AvgIpc) is 2.40. The van der Waals surface area contributed by atoms with Crippen LogP contribution in [0.1, 0.15) is 20.3 Å². The first-order chi connectivity index (χ1) is 9.60. The first-order valence-corrected chi connectivity index (χ1v) is 6.78. The lowest BCUT2D eigenvalue weighted by Crippen LogP contribution is -2.25. The molecule has 4 N–H and O–H groups in total. The molecule has 1 aromatic rings. The molecule has 0 amide bonds. The van der Waals surface area contributed by atoms with E-state index in [1.54, 1.807) is 7.11 Å². The van der Waals surface area contributed by atoms with E-state index in [4.69, 9.17) is 10.5 Å². The van der Waals surface area contributed by atoms with E-state index in [1.807, 2.05) is 18.7 Å². The Morgan fingerprint density at radius 2 is 2.00 bits per heavy atom. The molecule has 0 aliphatic carbocycles. The summed E-state index contributed by atoms with van der Waals surface area (Å²) in [6, 6.07) is 0. The monoisotopic (exact) mass is 284 g/mol. The molecule has 0 saturated carbocycles. The lowest BCUT2D eigenvalue weighted by atomic mass is 10.3. The molecule has 8 heteroatoms. The first kappa shape index (κ1) is 16.4. The molecular weight excluding hydrogens is 260 g/mol. The largest absolute Gasteiger partial charge is 0.391 e. The second-order valence-corrected chi connectivity index (χ2v) is 4.31. The molecule has 1 atom stereocenters. The summed E-state index contributed by atoms with van der Waals surface area (Å²) in [4.78, 5) is 14.5. The van der Waals surface area contributed by atoms with Crippen LogP contribution in [0, 0.1) is 0 Å². The predicted molar refractivity (Wildman–Crippen MR) is 78.8 cm³/mol. The number of aliphatic hydroxyl groups excluding tert-OH is 1. The van der Waals surface area contributed by atoms with Crippen LogP contribution in [0.4, 0.5) is 17.8 Å². The van der Waals surface area contributed by atoms with Gasteiger partial charge in [0.25, 0.3) is 0 Å². The number of anilines is 3. The number of aromatic nitrogens is 3. The summed E-state index contributed by atoms with van der Waals surface area (Å²) in [6.45, 7) is 6.49. The highest BCUT2D eigenvalue weighted by Gasteiger charge is 2.10. The second-order valence-electron chi connectivity index (χ2n) is 4.31. The van der Waals surface area contributed by atoms with Gasteiger partial charge in [0.15, 0.2) is 0 Å². The summed E-state index contributed by atoms with van der Waals surface area (Å²) in [6.07, 6.45) is 0.0361. The first-order valence-electron chi connectivity index (χ1n) is 6.78. The minimum Gasteiger partial charge on any atom is -0.391 e. The van der Waals surface area contributed by atoms with E-state index < -0.39 is 6.10 Å². The van der Waals surface area contributed by atoms with Crippen molar-refractivity contribution in [1.82, 2.24) is 15.0 Å². The molecule has 8 nitrogen and oxygen atoms in total. The maximum atomic E-state index is 9.55. The lowest BCUT2D eigenvalue weighted by molar-refractivity contribution is 0.0615. The molecule has 114 valence electrons. The number of nitrogen functional groups attached to an aromatic ring is 1. The zero-order chi connectivity index (χ0) is 15.0. The molecule has 0 aliphatic heterocycles. The summed E-state index contributed by atoms with van der Waals surface area (Å²) in [5, 5.41) is 12.6. The highest BCUT2D eigenvalue weighted by Crippen LogP contribution is 2.11. The van der Waals surface area contributed by atoms with Crippen molar-refractivity contribution in [2.75, 3.05) is 49.3 Å². The van der Waals surface area contributed by atoms with Crippen LogP contribution in [0.25, 0.3) is 0 Å². The molecule has 0 saturated heterocycles. The van der Waals surface area contributed by atoms with Crippen molar-refractivity contribution in [3.8, 4) is 0 Å². The van der Waals surface area contributed by atoms with Crippen molar-refractivity contribution in [2.45, 2.75) is 26.4 Å². The molecule has 0 bridgehead atoms. The minimum absolute atomic E-state index is 0.182. The minimum atomic E-state index is -0.506. The maximum absolute atomic E-state index is 9.55. The van der Waals surface area contributed by atoms with E-state index >= 15 is 0 Å². The SMILES string of the molecule is CCN(CC)c1nc(N)nc(NCCC(O)COC)n1. The quantitative estimate of drug-likeness (QED) is 0.586. The zero-order valence-corrected chi connectivity index (χ0v) is 12.3. The van der Waals surface area contributed by atoms with Crippen LogP contribution in [0.2, 0.25) is 0 Å². The Kier molecular flexibility index (Phi) is 6.96. The number of hydrogen-bond acceptors (Lipinski definition) is 8. The summed E-state index contributed by atoms with van der Waals surface area (Å²) >= 11 is 0. The van der Waals surface area contributed by atoms with Crippen LogP contribution >= 0.6 is 0 Å². The van der Waals surface area contributed by atoms with Crippen LogP contribution in [-0.4, -0.2) is 59.5 Å². The topological polar surface area (TPSA) is 109 Å². The Balaban J connectivity index is 2.61. The van der Waals surface area contributed by atoms with E-state index in [2.05, 4.69) is 20.3 Å². The predicted octanol–water partition coefficient (Wildman–Crippen LogP) is 0.109. The molecule has 1 unspecified atom stereocenters. The molecular formula is C12H24N6O2. The number of hydrogen-bond donors (Lipinski definition) is 3. The van der Waals surface area contributed by atoms with E-state index in [9.17, 15) is 5.11 Å². The van der Waals surface area contributed by atoms with Gasteiger partial charge in [-0.1, -0.05) is 0 Å². The van der Waals surface area contributed by atoms with Gasteiger partial charge in [0.2, 0.25) is 17.8 Å². The summed E-state index contributed by atoms with van der Waals surface area (Å²) in [5.41, 5.74) is 5.69. The van der Waals surface area contributed by atoms with Gasteiger partial charge in [-0.2, -0.15) is 15.0 Å². The summed E-state index contributed by atoms with van der Waals surface area (Å²) in [5.74, 6) is 1.16. The second kappa shape index (κ2) is 8.49. The van der Waals surface area contributed by atoms with Gasteiger partial charge in [-0.25, -0.2) is 0 Å². The molecule has 0 aliphatic rings. The molecule has 20 heavy (non-hydrogen) atoms. The van der Waals surface area contributed by atoms with Crippen molar-refractivity contribution in [3.05, 3.63) is 0 Å². The van der Waals surface area contributed by atoms with Gasteiger partial charge >= 0.3 is 0 Å². The van der Waals surface area contributed by atoms with Crippen molar-refractivity contribution in [1.29, 1.82) is 0 Å². The van der Waals surface area contributed by atoms with Gasteiger partial charge in [0.05, 0.1) is 12.7 Å². The average molecular weight is 284 g/mol. The number of rotatable bonds is 9. The van der Waals surface area contributed by atoms with E-state index in [-0.39, 0.29) is 5.95 Å². The van der Waals surface area contributed by atoms with Crippen LogP contribution in [-0.2, 0) is 4.74 Å². The zero-order valence-electron chi connectivity index (χ0n) is 12.3. The number of nitrogens with zero attached hydrogens (tertiary/aromatic N) is 4. The number of aliphatic hydroxyl groups is 1. The van der Waals surface area contributed by atoms with Gasteiger partial charge in [0, 0.05) is 26.7 Å². The van der Waals surface area contributed by atoms with Crippen molar-refractivity contribution in [2.24, 2.45) is 0 Å². The third-order valence-electron chi connectivity index (χ3n) is 2.81. The third-order valence-corrected chi connectivity index (χ3v) is 2.81. The van der Waals surface area contributed by atoms with Crippen LogP contribution in [0.5, 0.6) is 0 Å². The van der Waals surface area contributed by atoms with Crippen LogP contribution < -0.4 is 16.0 Å². The smallest absolute Gasteiger partial charge is 0.231 e. The van der Waals surface area contributed by atoms with Gasteiger partial charge in [-0.05, 0) is 20.3 Å². The fourth-order valence-electron chi connectivity index (χ4n) is 1.73. The Morgan fingerprint density at radius 3 is 2.60 bits per heavy atom. The van der Waals surface area contributed by atoms with Gasteiger partial charge < -0.3 is 25.8 Å². The number of methoxy groups -OCH3 is 1. The van der Waals surface area contributed by atoms with Crippen LogP contribution in [0.3, 0.4) is 0 Å². The van der Waals surface area contributed by atoms with Gasteiger partial charge in [-0.3, -0.25) is 0 Å². The molecule has 0 radical (unpaired) electrons. The van der Waals surface area contributed by atoms with Crippen molar-refractivity contribution < 1.29 is 9.84 Å². The molecule has 1 aromatic heterocycles. The fraction of sp³-hybridized carbons (Fsp3) is 0.750. The Hall–Kier alpha value is -1.67. The highest BCUT2D eigenvalue weighted by atomic mass is 16.5. The molecule has 0 fully saturated rings. The normalized spacial score (nSPS) is 12.2. The number of nitrogens with two attached hydrogens (primary N) is 1. The Bertz CT molecular complexity index is 400. The Morgan fingerprint density at radius 1 is 1.30 bits per heavy atom. The van der Waals surface area contributed by atoms with Gasteiger partial charge in [-0.15, -0.1) is 0 Å². The molecule has 1 heterocycles. The van der Waals surface area contributed by atoms with E-state index in [1.165, 1.54) is 0 Å². The summed E-state index contributed by atoms with van der Waals surface area (Å²) < 4.78 is 4.86. The molecule has 0 spiro atoms. The van der Waals surface area contributed by atoms with Gasteiger partial charge in [0.1, 0.15) is 0 Å². The maximum Gasteiger partial charge on any atom is 0.231 e. The standard InChI is InChI=1S/C12H24N6O2/c1-4-18(5-2)12-16-10(13)15-11(17-12)14-7-6-9(19)8-20-3/h9,19H,4-8H2,1-3H3,(H3,13,14,15,16,17). The lowest BCUT2D eigenvalue weighted by Gasteiger charge is -2.19. The third kappa shape index (κ3) is 5.14. The van der Waals surface area contributed by atoms with E-state index in [0.29, 0.717) is 31.5 Å². The van der Waals surface area contributed by atoms with Crippen LogP contribution in [0.15, 0.2) is 0 Å².